The SMILES string of the molecule is CCOC(=O)C1=C(C)N=c2s/c(=C\c3cc(Br)c(OC)cc3OC)c(=O)n2[C@@H]1c1ccc(OC)cc1OC. The maximum atomic E-state index is 13.9. The molecule has 0 saturated carbocycles. The predicted molar refractivity (Wildman–Crippen MR) is 147 cm³/mol. The third-order valence-electron chi connectivity index (χ3n) is 6.04. The number of nitrogens with zero attached hydrogens (tertiary/aromatic N) is 2. The van der Waals surface area contributed by atoms with Gasteiger partial charge >= 0.3 is 5.97 Å². The number of allylic oxidation sites excluding steroid dienone is 1. The van der Waals surface area contributed by atoms with Crippen LogP contribution in [0.3, 0.4) is 0 Å². The summed E-state index contributed by atoms with van der Waals surface area (Å²) in [4.78, 5) is 32.2. The summed E-state index contributed by atoms with van der Waals surface area (Å²) in [6.07, 6.45) is 1.73. The number of methoxy groups -OCH3 is 4. The molecule has 0 unspecified atom stereocenters. The van der Waals surface area contributed by atoms with E-state index in [1.165, 1.54) is 23.0 Å². The number of thiazole rings is 1. The Morgan fingerprint density at radius 3 is 2.39 bits per heavy atom. The van der Waals surface area contributed by atoms with Crippen molar-refractivity contribution in [3.63, 3.8) is 0 Å². The quantitative estimate of drug-likeness (QED) is 0.363. The van der Waals surface area contributed by atoms with E-state index in [0.717, 1.165) is 0 Å². The van der Waals surface area contributed by atoms with Crippen molar-refractivity contribution in [2.24, 2.45) is 4.99 Å². The molecular formula is C27H27BrN2O7S. The summed E-state index contributed by atoms with van der Waals surface area (Å²) in [6, 6.07) is 7.98. The Morgan fingerprint density at radius 2 is 1.76 bits per heavy atom. The Bertz CT molecular complexity index is 1610. The molecule has 0 bridgehead atoms. The third-order valence-corrected chi connectivity index (χ3v) is 7.65. The van der Waals surface area contributed by atoms with Crippen LogP contribution in [0.2, 0.25) is 0 Å². The molecule has 0 saturated heterocycles. The molecule has 2 heterocycles. The van der Waals surface area contributed by atoms with E-state index in [-0.39, 0.29) is 17.7 Å². The molecule has 1 aliphatic heterocycles. The Morgan fingerprint density at radius 1 is 1.05 bits per heavy atom. The lowest BCUT2D eigenvalue weighted by atomic mass is 9.95. The van der Waals surface area contributed by atoms with Gasteiger partial charge < -0.3 is 23.7 Å². The van der Waals surface area contributed by atoms with Gasteiger partial charge in [0, 0.05) is 23.3 Å². The highest BCUT2D eigenvalue weighted by molar-refractivity contribution is 9.10. The molecule has 1 atom stereocenters. The number of halogens is 1. The lowest BCUT2D eigenvalue weighted by Crippen LogP contribution is -2.40. The van der Waals surface area contributed by atoms with Crippen LogP contribution in [0.4, 0.5) is 0 Å². The average Bonchev–Trinajstić information content (AvgIpc) is 3.21. The van der Waals surface area contributed by atoms with Gasteiger partial charge in [-0.05, 0) is 54.1 Å². The van der Waals surface area contributed by atoms with Crippen molar-refractivity contribution in [1.82, 2.24) is 4.57 Å². The molecule has 2 aromatic carbocycles. The fourth-order valence-corrected chi connectivity index (χ4v) is 5.83. The highest BCUT2D eigenvalue weighted by atomic mass is 79.9. The zero-order valence-electron chi connectivity index (χ0n) is 21.8. The molecule has 1 aliphatic rings. The van der Waals surface area contributed by atoms with Crippen molar-refractivity contribution in [2.45, 2.75) is 19.9 Å². The second kappa shape index (κ2) is 11.4. The van der Waals surface area contributed by atoms with Crippen LogP contribution in [-0.2, 0) is 9.53 Å². The van der Waals surface area contributed by atoms with Crippen molar-refractivity contribution in [3.05, 3.63) is 76.9 Å². The number of ether oxygens (including phenoxy) is 5. The molecule has 0 fully saturated rings. The first-order valence-corrected chi connectivity index (χ1v) is 13.2. The minimum Gasteiger partial charge on any atom is -0.497 e. The Labute approximate surface area is 231 Å². The fourth-order valence-electron chi connectivity index (χ4n) is 4.27. The van der Waals surface area contributed by atoms with Gasteiger partial charge in [0.25, 0.3) is 5.56 Å². The summed E-state index contributed by atoms with van der Waals surface area (Å²) in [5.41, 5.74) is 1.68. The van der Waals surface area contributed by atoms with Crippen molar-refractivity contribution in [3.8, 4) is 23.0 Å². The summed E-state index contributed by atoms with van der Waals surface area (Å²) in [7, 11) is 6.19. The van der Waals surface area contributed by atoms with E-state index >= 15 is 0 Å². The summed E-state index contributed by atoms with van der Waals surface area (Å²) in [5.74, 6) is 1.62. The fraction of sp³-hybridized carbons (Fsp3) is 0.296. The lowest BCUT2D eigenvalue weighted by Gasteiger charge is -2.26. The first-order chi connectivity index (χ1) is 18.3. The van der Waals surface area contributed by atoms with Gasteiger partial charge in [-0.3, -0.25) is 9.36 Å². The average molecular weight is 603 g/mol. The number of carbonyl (C=O) groups is 1. The minimum atomic E-state index is -0.821. The van der Waals surface area contributed by atoms with Crippen LogP contribution < -0.4 is 33.8 Å². The van der Waals surface area contributed by atoms with Crippen LogP contribution in [0.15, 0.2) is 55.9 Å². The monoisotopic (exact) mass is 602 g/mol. The van der Waals surface area contributed by atoms with Gasteiger partial charge in [0.15, 0.2) is 4.80 Å². The smallest absolute Gasteiger partial charge is 0.338 e. The molecule has 0 amide bonds. The van der Waals surface area contributed by atoms with E-state index in [4.69, 9.17) is 23.7 Å². The molecule has 0 aliphatic carbocycles. The molecule has 38 heavy (non-hydrogen) atoms. The van der Waals surface area contributed by atoms with Crippen molar-refractivity contribution in [1.29, 1.82) is 0 Å². The van der Waals surface area contributed by atoms with Crippen LogP contribution in [0.1, 0.15) is 31.0 Å². The van der Waals surface area contributed by atoms with E-state index in [1.807, 2.05) is 6.07 Å². The second-order valence-corrected chi connectivity index (χ2v) is 10.0. The van der Waals surface area contributed by atoms with E-state index in [9.17, 15) is 9.59 Å². The van der Waals surface area contributed by atoms with Crippen LogP contribution in [0.25, 0.3) is 6.08 Å². The first-order valence-electron chi connectivity index (χ1n) is 11.6. The zero-order valence-corrected chi connectivity index (χ0v) is 24.2. The molecule has 9 nitrogen and oxygen atoms in total. The van der Waals surface area contributed by atoms with Crippen LogP contribution >= 0.6 is 27.3 Å². The van der Waals surface area contributed by atoms with Gasteiger partial charge in [-0.1, -0.05) is 11.3 Å². The summed E-state index contributed by atoms with van der Waals surface area (Å²) in [5, 5.41) is 0. The van der Waals surface area contributed by atoms with E-state index in [1.54, 1.807) is 65.5 Å². The number of fused-ring (bicyclic) bond motifs is 1. The van der Waals surface area contributed by atoms with Crippen molar-refractivity contribution < 1.29 is 28.5 Å². The number of benzene rings is 2. The van der Waals surface area contributed by atoms with Gasteiger partial charge in [0.05, 0.1) is 55.3 Å². The molecule has 0 radical (unpaired) electrons. The third kappa shape index (κ3) is 4.95. The topological polar surface area (TPSA) is 97.6 Å². The van der Waals surface area contributed by atoms with Gasteiger partial charge in [0.1, 0.15) is 29.0 Å². The van der Waals surface area contributed by atoms with Gasteiger partial charge in [-0.2, -0.15) is 0 Å². The van der Waals surface area contributed by atoms with E-state index < -0.39 is 12.0 Å². The molecule has 4 rings (SSSR count). The second-order valence-electron chi connectivity index (χ2n) is 8.14. The lowest BCUT2D eigenvalue weighted by molar-refractivity contribution is -0.139. The van der Waals surface area contributed by atoms with E-state index in [0.29, 0.717) is 53.6 Å². The maximum absolute atomic E-state index is 13.9. The Balaban J connectivity index is 2.00. The largest absolute Gasteiger partial charge is 0.497 e. The Kier molecular flexibility index (Phi) is 8.27. The zero-order chi connectivity index (χ0) is 27.6. The number of aromatic nitrogens is 1. The molecule has 200 valence electrons. The maximum Gasteiger partial charge on any atom is 0.338 e. The van der Waals surface area contributed by atoms with Crippen LogP contribution in [-0.4, -0.2) is 45.6 Å². The number of hydrogen-bond acceptors (Lipinski definition) is 9. The summed E-state index contributed by atoms with van der Waals surface area (Å²) >= 11 is 4.71. The standard InChI is InChI=1S/C27H27BrN2O7S/c1-7-37-26(32)23-14(2)29-27-30(24(23)17-9-8-16(33-3)12-20(17)35-5)25(31)22(38-27)11-15-10-18(28)21(36-6)13-19(15)34-4/h8-13,24H,7H2,1-6H3/b22-11-/t24-/m1/s1. The summed E-state index contributed by atoms with van der Waals surface area (Å²) < 4.78 is 29.9. The highest BCUT2D eigenvalue weighted by Gasteiger charge is 2.35. The molecule has 3 aromatic rings. The number of esters is 1. The molecule has 0 spiro atoms. The van der Waals surface area contributed by atoms with Gasteiger partial charge in [-0.25, -0.2) is 9.79 Å². The highest BCUT2D eigenvalue weighted by Crippen LogP contribution is 2.38. The van der Waals surface area contributed by atoms with Crippen LogP contribution in [0.5, 0.6) is 23.0 Å². The van der Waals surface area contributed by atoms with Crippen LogP contribution in [0, 0.1) is 0 Å². The minimum absolute atomic E-state index is 0.179. The molecule has 1 aromatic heterocycles. The number of hydrogen-bond donors (Lipinski definition) is 0. The van der Waals surface area contributed by atoms with Gasteiger partial charge in [0.2, 0.25) is 0 Å². The normalized spacial score (nSPS) is 15.0. The molecule has 11 heteroatoms. The van der Waals surface area contributed by atoms with Gasteiger partial charge in [-0.15, -0.1) is 0 Å². The van der Waals surface area contributed by atoms with Crippen molar-refractivity contribution in [2.75, 3.05) is 35.0 Å². The molecule has 0 N–H and O–H groups in total. The number of carbonyl (C=O) groups excluding carboxylic acids is 1. The van der Waals surface area contributed by atoms with E-state index in [2.05, 4.69) is 20.9 Å². The Hall–Kier alpha value is -3.57. The summed E-state index contributed by atoms with van der Waals surface area (Å²) in [6.45, 7) is 3.64. The first kappa shape index (κ1) is 27.5. The number of rotatable bonds is 8. The van der Waals surface area contributed by atoms with Crippen molar-refractivity contribution >= 4 is 39.3 Å². The predicted octanol–water partition coefficient (Wildman–Crippen LogP) is 3.60. The molecular weight excluding hydrogens is 576 g/mol.